The minimum atomic E-state index is -0.517. The van der Waals surface area contributed by atoms with Crippen molar-refractivity contribution in [2.75, 3.05) is 6.54 Å². The van der Waals surface area contributed by atoms with Crippen LogP contribution in [0.1, 0.15) is 50.2 Å². The fourth-order valence-corrected chi connectivity index (χ4v) is 3.71. The number of aryl methyl sites for hydroxylation is 2. The maximum atomic E-state index is 12.4. The summed E-state index contributed by atoms with van der Waals surface area (Å²) in [5.41, 5.74) is 7.32. The minimum absolute atomic E-state index is 0.0757. The number of nitrogens with one attached hydrogen (secondary N) is 2. The van der Waals surface area contributed by atoms with Crippen LogP contribution in [0.3, 0.4) is 0 Å². The second-order valence-electron chi connectivity index (χ2n) is 7.17. The van der Waals surface area contributed by atoms with E-state index in [1.165, 1.54) is 0 Å². The zero-order valence-electron chi connectivity index (χ0n) is 17.1. The zero-order valence-corrected chi connectivity index (χ0v) is 17.1. The summed E-state index contributed by atoms with van der Waals surface area (Å²) in [6.07, 6.45) is -0.134. The molecule has 0 aliphatic carbocycles. The van der Waals surface area contributed by atoms with Crippen LogP contribution in [0.4, 0.5) is 0 Å². The van der Waals surface area contributed by atoms with Crippen LogP contribution in [-0.2, 0) is 11.3 Å². The van der Waals surface area contributed by atoms with Crippen LogP contribution in [-0.4, -0.2) is 44.6 Å². The van der Waals surface area contributed by atoms with E-state index in [9.17, 15) is 19.2 Å². The number of hydrazine groups is 1. The Balaban J connectivity index is 1.33. The molecule has 0 unspecified atom stereocenters. The molecule has 0 saturated carbocycles. The van der Waals surface area contributed by atoms with Crippen molar-refractivity contribution in [3.8, 4) is 0 Å². The van der Waals surface area contributed by atoms with E-state index >= 15 is 0 Å². The third-order valence-corrected chi connectivity index (χ3v) is 5.27. The molecular formula is C22H21N5O4. The van der Waals surface area contributed by atoms with Gasteiger partial charge in [0.15, 0.2) is 0 Å². The van der Waals surface area contributed by atoms with Gasteiger partial charge in [-0.1, -0.05) is 12.1 Å². The van der Waals surface area contributed by atoms with Crippen LogP contribution in [0.25, 0.3) is 11.0 Å². The maximum Gasteiger partial charge on any atom is 0.269 e. The van der Waals surface area contributed by atoms with Gasteiger partial charge in [-0.15, -0.1) is 0 Å². The zero-order chi connectivity index (χ0) is 22.1. The number of fused-ring (bicyclic) bond motifs is 2. The summed E-state index contributed by atoms with van der Waals surface area (Å²) in [5, 5.41) is 0. The van der Waals surface area contributed by atoms with Gasteiger partial charge in [0.25, 0.3) is 17.7 Å². The highest BCUT2D eigenvalue weighted by Crippen LogP contribution is 2.22. The van der Waals surface area contributed by atoms with E-state index in [1.54, 1.807) is 36.4 Å². The molecule has 2 N–H and O–H groups in total. The number of carbonyl (C=O) groups excluding carboxylic acids is 4. The number of hydrogen-bond acceptors (Lipinski definition) is 5. The lowest BCUT2D eigenvalue weighted by molar-refractivity contribution is -0.121. The Morgan fingerprint density at radius 2 is 1.68 bits per heavy atom. The van der Waals surface area contributed by atoms with Gasteiger partial charge in [0, 0.05) is 25.1 Å². The molecule has 1 aliphatic rings. The number of nitrogens with zero attached hydrogens (tertiary/aromatic N) is 3. The first-order valence-electron chi connectivity index (χ1n) is 9.92. The minimum Gasteiger partial charge on any atom is -0.329 e. The molecule has 2 aromatic carbocycles. The first-order valence-corrected chi connectivity index (χ1v) is 9.92. The second-order valence-corrected chi connectivity index (χ2v) is 7.17. The van der Waals surface area contributed by atoms with E-state index in [2.05, 4.69) is 15.8 Å². The SMILES string of the molecule is CCn1c(C)nc2cc(C(=O)NNC(=O)CCN3C(=O)c4ccccc4C3=O)ccc21. The largest absolute Gasteiger partial charge is 0.329 e. The molecular weight excluding hydrogens is 398 g/mol. The van der Waals surface area contributed by atoms with Crippen molar-refractivity contribution in [3.05, 3.63) is 65.0 Å². The lowest BCUT2D eigenvalue weighted by Crippen LogP contribution is -2.43. The average molecular weight is 419 g/mol. The number of hydrogen-bond donors (Lipinski definition) is 2. The molecule has 0 bridgehead atoms. The molecule has 3 aromatic rings. The smallest absolute Gasteiger partial charge is 0.269 e. The van der Waals surface area contributed by atoms with E-state index < -0.39 is 23.6 Å². The number of rotatable bonds is 5. The molecule has 0 radical (unpaired) electrons. The lowest BCUT2D eigenvalue weighted by atomic mass is 10.1. The molecule has 9 nitrogen and oxygen atoms in total. The fourth-order valence-electron chi connectivity index (χ4n) is 3.71. The number of benzene rings is 2. The first kappa shape index (κ1) is 20.3. The first-order chi connectivity index (χ1) is 14.9. The topological polar surface area (TPSA) is 113 Å². The summed E-state index contributed by atoms with van der Waals surface area (Å²) < 4.78 is 2.04. The van der Waals surface area contributed by atoms with Crippen LogP contribution in [0.15, 0.2) is 42.5 Å². The monoisotopic (exact) mass is 419 g/mol. The summed E-state index contributed by atoms with van der Waals surface area (Å²) in [6.45, 7) is 4.62. The number of imidazole rings is 1. The molecule has 0 saturated heterocycles. The number of aromatic nitrogens is 2. The Kier molecular flexibility index (Phi) is 5.24. The third kappa shape index (κ3) is 3.65. The Morgan fingerprint density at radius 1 is 1.00 bits per heavy atom. The van der Waals surface area contributed by atoms with Crippen molar-refractivity contribution >= 4 is 34.7 Å². The van der Waals surface area contributed by atoms with Gasteiger partial charge in [-0.25, -0.2) is 4.98 Å². The normalized spacial score (nSPS) is 12.9. The van der Waals surface area contributed by atoms with E-state index in [4.69, 9.17) is 0 Å². The van der Waals surface area contributed by atoms with Crippen molar-refractivity contribution in [1.82, 2.24) is 25.3 Å². The van der Waals surface area contributed by atoms with Crippen molar-refractivity contribution in [3.63, 3.8) is 0 Å². The Bertz CT molecular complexity index is 1190. The van der Waals surface area contributed by atoms with Crippen LogP contribution >= 0.6 is 0 Å². The highest BCUT2D eigenvalue weighted by Gasteiger charge is 2.34. The average Bonchev–Trinajstić information content (AvgIpc) is 3.22. The van der Waals surface area contributed by atoms with Crippen molar-refractivity contribution in [2.45, 2.75) is 26.8 Å². The third-order valence-electron chi connectivity index (χ3n) is 5.27. The van der Waals surface area contributed by atoms with E-state index in [-0.39, 0.29) is 13.0 Å². The Morgan fingerprint density at radius 3 is 2.32 bits per heavy atom. The summed E-state index contributed by atoms with van der Waals surface area (Å²) >= 11 is 0. The number of carbonyl (C=O) groups is 4. The number of imide groups is 1. The molecule has 1 aromatic heterocycles. The van der Waals surface area contributed by atoms with Crippen LogP contribution in [0, 0.1) is 6.92 Å². The molecule has 9 heteroatoms. The predicted molar refractivity (Wildman–Crippen MR) is 112 cm³/mol. The summed E-state index contributed by atoms with van der Waals surface area (Å²) in [6, 6.07) is 11.7. The van der Waals surface area contributed by atoms with Gasteiger partial charge in [-0.3, -0.25) is 34.9 Å². The standard InChI is InChI=1S/C22H21N5O4/c1-3-26-13(2)23-17-12-14(8-9-18(17)26)20(29)25-24-19(28)10-11-27-21(30)15-6-4-5-7-16(15)22(27)31/h4-9,12H,3,10-11H2,1-2H3,(H,24,28)(H,25,29). The summed E-state index contributed by atoms with van der Waals surface area (Å²) in [5.74, 6) is -0.992. The fraction of sp³-hybridized carbons (Fsp3) is 0.227. The van der Waals surface area contributed by atoms with Crippen LogP contribution < -0.4 is 10.9 Å². The quantitative estimate of drug-likeness (QED) is 0.484. The molecule has 1 aliphatic heterocycles. The highest BCUT2D eigenvalue weighted by atomic mass is 16.2. The maximum absolute atomic E-state index is 12.4. The highest BCUT2D eigenvalue weighted by molar-refractivity contribution is 6.21. The van der Waals surface area contributed by atoms with Crippen molar-refractivity contribution < 1.29 is 19.2 Å². The molecule has 0 atom stereocenters. The van der Waals surface area contributed by atoms with Gasteiger partial charge in [0.1, 0.15) is 5.82 Å². The molecule has 158 valence electrons. The number of amides is 4. The predicted octanol–water partition coefficient (Wildman–Crippen LogP) is 1.81. The second kappa shape index (κ2) is 8.02. The van der Waals surface area contributed by atoms with Gasteiger partial charge >= 0.3 is 0 Å². The van der Waals surface area contributed by atoms with Gasteiger partial charge in [-0.2, -0.15) is 0 Å². The van der Waals surface area contributed by atoms with Gasteiger partial charge in [-0.05, 0) is 44.2 Å². The van der Waals surface area contributed by atoms with Crippen molar-refractivity contribution in [1.29, 1.82) is 0 Å². The van der Waals surface area contributed by atoms with E-state index in [0.717, 1.165) is 22.8 Å². The van der Waals surface area contributed by atoms with Crippen LogP contribution in [0.2, 0.25) is 0 Å². The van der Waals surface area contributed by atoms with Crippen LogP contribution in [0.5, 0.6) is 0 Å². The molecule has 2 heterocycles. The molecule has 4 amide bonds. The Hall–Kier alpha value is -4.01. The summed E-state index contributed by atoms with van der Waals surface area (Å²) in [7, 11) is 0. The summed E-state index contributed by atoms with van der Waals surface area (Å²) in [4.78, 5) is 54.6. The van der Waals surface area contributed by atoms with Gasteiger partial charge in [0.2, 0.25) is 5.91 Å². The van der Waals surface area contributed by atoms with Gasteiger partial charge < -0.3 is 4.57 Å². The molecule has 4 rings (SSSR count). The van der Waals surface area contributed by atoms with E-state index in [0.29, 0.717) is 22.2 Å². The Labute approximate surface area is 178 Å². The van der Waals surface area contributed by atoms with Crippen molar-refractivity contribution in [2.24, 2.45) is 0 Å². The molecule has 0 fully saturated rings. The molecule has 0 spiro atoms. The van der Waals surface area contributed by atoms with E-state index in [1.807, 2.05) is 24.5 Å². The lowest BCUT2D eigenvalue weighted by Gasteiger charge is -2.13. The molecule has 31 heavy (non-hydrogen) atoms. The van der Waals surface area contributed by atoms with Gasteiger partial charge in [0.05, 0.1) is 22.2 Å².